The van der Waals surface area contributed by atoms with E-state index in [1.54, 1.807) is 18.5 Å². The Morgan fingerprint density at radius 3 is 2.76 bits per heavy atom. The molecule has 6 heteroatoms. The Balaban J connectivity index is 2.06. The van der Waals surface area contributed by atoms with Gasteiger partial charge in [0.05, 0.1) is 12.5 Å². The van der Waals surface area contributed by atoms with Crippen molar-refractivity contribution in [3.8, 4) is 11.6 Å². The fourth-order valence-electron chi connectivity index (χ4n) is 1.48. The standard InChI is InChI=1S/C11H14N4O2/c1-2-4-8(16)7-9-14-11(15-17-9)10-12-5-3-6-13-10/h3,5-6,8,16H,2,4,7H2,1H3. The third-order valence-electron chi connectivity index (χ3n) is 2.27. The van der Waals surface area contributed by atoms with E-state index >= 15 is 0 Å². The Morgan fingerprint density at radius 2 is 2.06 bits per heavy atom. The highest BCUT2D eigenvalue weighted by Gasteiger charge is 2.13. The average molecular weight is 234 g/mol. The molecule has 0 amide bonds. The van der Waals surface area contributed by atoms with Gasteiger partial charge < -0.3 is 9.63 Å². The Morgan fingerprint density at radius 1 is 1.29 bits per heavy atom. The summed E-state index contributed by atoms with van der Waals surface area (Å²) < 4.78 is 5.03. The number of aromatic nitrogens is 4. The maximum atomic E-state index is 9.62. The minimum atomic E-state index is -0.440. The lowest BCUT2D eigenvalue weighted by molar-refractivity contribution is 0.152. The van der Waals surface area contributed by atoms with Gasteiger partial charge in [0.1, 0.15) is 0 Å². The molecule has 1 atom stereocenters. The van der Waals surface area contributed by atoms with Gasteiger partial charge in [-0.3, -0.25) is 0 Å². The first kappa shape index (κ1) is 11.7. The summed E-state index contributed by atoms with van der Waals surface area (Å²) >= 11 is 0. The van der Waals surface area contributed by atoms with E-state index in [1.165, 1.54) is 0 Å². The Hall–Kier alpha value is -1.82. The number of nitrogens with zero attached hydrogens (tertiary/aromatic N) is 4. The van der Waals surface area contributed by atoms with Crippen molar-refractivity contribution in [2.24, 2.45) is 0 Å². The van der Waals surface area contributed by atoms with E-state index in [0.717, 1.165) is 12.8 Å². The fraction of sp³-hybridized carbons (Fsp3) is 0.455. The van der Waals surface area contributed by atoms with Crippen molar-refractivity contribution in [1.29, 1.82) is 0 Å². The Bertz CT molecular complexity index is 458. The zero-order valence-corrected chi connectivity index (χ0v) is 9.58. The third kappa shape index (κ3) is 3.07. The summed E-state index contributed by atoms with van der Waals surface area (Å²) in [7, 11) is 0. The molecule has 2 rings (SSSR count). The molecule has 1 N–H and O–H groups in total. The summed E-state index contributed by atoms with van der Waals surface area (Å²) in [6, 6.07) is 1.72. The Labute approximate surface area is 98.7 Å². The SMILES string of the molecule is CCCC(O)Cc1nc(-c2ncccn2)no1. The van der Waals surface area contributed by atoms with E-state index < -0.39 is 6.10 Å². The topological polar surface area (TPSA) is 84.9 Å². The summed E-state index contributed by atoms with van der Waals surface area (Å²) in [5, 5.41) is 13.4. The highest BCUT2D eigenvalue weighted by Crippen LogP contribution is 2.11. The lowest BCUT2D eigenvalue weighted by atomic mass is 10.1. The average Bonchev–Trinajstić information content (AvgIpc) is 2.79. The molecule has 2 aromatic heterocycles. The summed E-state index contributed by atoms with van der Waals surface area (Å²) in [4.78, 5) is 12.2. The van der Waals surface area contributed by atoms with Crippen molar-refractivity contribution in [3.05, 3.63) is 24.4 Å². The molecule has 0 aliphatic heterocycles. The highest BCUT2D eigenvalue weighted by molar-refractivity contribution is 5.40. The van der Waals surface area contributed by atoms with Gasteiger partial charge in [-0.15, -0.1) is 0 Å². The molecule has 0 aromatic carbocycles. The van der Waals surface area contributed by atoms with Crippen LogP contribution in [0.5, 0.6) is 0 Å². The maximum Gasteiger partial charge on any atom is 0.240 e. The van der Waals surface area contributed by atoms with Crippen molar-refractivity contribution in [3.63, 3.8) is 0 Å². The second-order valence-electron chi connectivity index (χ2n) is 3.73. The largest absolute Gasteiger partial charge is 0.393 e. The van der Waals surface area contributed by atoms with Gasteiger partial charge in [-0.05, 0) is 12.5 Å². The van der Waals surface area contributed by atoms with Gasteiger partial charge in [-0.2, -0.15) is 4.98 Å². The quantitative estimate of drug-likeness (QED) is 0.837. The van der Waals surface area contributed by atoms with Crippen LogP contribution in [0.1, 0.15) is 25.7 Å². The second kappa shape index (κ2) is 5.49. The van der Waals surface area contributed by atoms with Crippen molar-refractivity contribution < 1.29 is 9.63 Å². The molecule has 17 heavy (non-hydrogen) atoms. The molecule has 2 heterocycles. The van der Waals surface area contributed by atoms with E-state index in [2.05, 4.69) is 20.1 Å². The molecule has 0 spiro atoms. The predicted octanol–water partition coefficient (Wildman–Crippen LogP) is 1.23. The van der Waals surface area contributed by atoms with Crippen LogP contribution in [0.2, 0.25) is 0 Å². The maximum absolute atomic E-state index is 9.62. The first-order valence-electron chi connectivity index (χ1n) is 5.57. The minimum Gasteiger partial charge on any atom is -0.393 e. The fourth-order valence-corrected chi connectivity index (χ4v) is 1.48. The molecule has 0 saturated heterocycles. The molecule has 0 radical (unpaired) electrons. The molecular weight excluding hydrogens is 220 g/mol. The number of aliphatic hydroxyl groups excluding tert-OH is 1. The van der Waals surface area contributed by atoms with Crippen LogP contribution in [-0.2, 0) is 6.42 Å². The van der Waals surface area contributed by atoms with Crippen molar-refractivity contribution in [2.75, 3.05) is 0 Å². The molecule has 1 unspecified atom stereocenters. The highest BCUT2D eigenvalue weighted by atomic mass is 16.5. The van der Waals surface area contributed by atoms with Gasteiger partial charge in [0.15, 0.2) is 0 Å². The molecule has 0 bridgehead atoms. The van der Waals surface area contributed by atoms with Crippen LogP contribution in [-0.4, -0.2) is 31.3 Å². The van der Waals surface area contributed by atoms with Crippen LogP contribution >= 0.6 is 0 Å². The number of aliphatic hydroxyl groups is 1. The molecular formula is C11H14N4O2. The molecule has 6 nitrogen and oxygen atoms in total. The van der Waals surface area contributed by atoms with E-state index in [9.17, 15) is 5.11 Å². The van der Waals surface area contributed by atoms with Gasteiger partial charge in [0.25, 0.3) is 0 Å². The summed E-state index contributed by atoms with van der Waals surface area (Å²) in [5.74, 6) is 1.19. The van der Waals surface area contributed by atoms with Gasteiger partial charge in [0.2, 0.25) is 17.5 Å². The van der Waals surface area contributed by atoms with Crippen molar-refractivity contribution in [2.45, 2.75) is 32.3 Å². The smallest absolute Gasteiger partial charge is 0.240 e. The zero-order valence-electron chi connectivity index (χ0n) is 9.58. The van der Waals surface area contributed by atoms with Gasteiger partial charge in [0, 0.05) is 12.4 Å². The normalized spacial score (nSPS) is 12.6. The number of hydrogen-bond donors (Lipinski definition) is 1. The van der Waals surface area contributed by atoms with Crippen LogP contribution < -0.4 is 0 Å². The third-order valence-corrected chi connectivity index (χ3v) is 2.27. The van der Waals surface area contributed by atoms with Crippen LogP contribution in [0.3, 0.4) is 0 Å². The van der Waals surface area contributed by atoms with Gasteiger partial charge >= 0.3 is 0 Å². The van der Waals surface area contributed by atoms with Crippen LogP contribution in [0, 0.1) is 0 Å². The number of rotatable bonds is 5. The number of hydrogen-bond acceptors (Lipinski definition) is 6. The summed E-state index contributed by atoms with van der Waals surface area (Å²) in [5.41, 5.74) is 0. The van der Waals surface area contributed by atoms with E-state index in [1.807, 2.05) is 6.92 Å². The second-order valence-corrected chi connectivity index (χ2v) is 3.73. The van der Waals surface area contributed by atoms with Gasteiger partial charge in [-0.25, -0.2) is 9.97 Å². The van der Waals surface area contributed by atoms with E-state index in [-0.39, 0.29) is 0 Å². The lowest BCUT2D eigenvalue weighted by Crippen LogP contribution is -2.09. The molecule has 90 valence electrons. The molecule has 2 aromatic rings. The minimum absolute atomic E-state index is 0.351. The zero-order chi connectivity index (χ0) is 12.1. The predicted molar refractivity (Wildman–Crippen MR) is 59.9 cm³/mol. The van der Waals surface area contributed by atoms with Crippen LogP contribution in [0.15, 0.2) is 23.0 Å². The van der Waals surface area contributed by atoms with Crippen LogP contribution in [0.4, 0.5) is 0 Å². The monoisotopic (exact) mass is 234 g/mol. The summed E-state index contributed by atoms with van der Waals surface area (Å²) in [6.45, 7) is 2.01. The van der Waals surface area contributed by atoms with Crippen molar-refractivity contribution in [1.82, 2.24) is 20.1 Å². The van der Waals surface area contributed by atoms with Gasteiger partial charge in [-0.1, -0.05) is 18.5 Å². The molecule has 0 fully saturated rings. The van der Waals surface area contributed by atoms with Crippen LogP contribution in [0.25, 0.3) is 11.6 Å². The van der Waals surface area contributed by atoms with Crippen molar-refractivity contribution >= 4 is 0 Å². The summed E-state index contributed by atoms with van der Waals surface area (Å²) in [6.07, 6.45) is 4.80. The molecule has 0 aliphatic carbocycles. The Kier molecular flexibility index (Phi) is 3.77. The molecule has 0 aliphatic rings. The molecule has 0 saturated carbocycles. The van der Waals surface area contributed by atoms with E-state index in [4.69, 9.17) is 4.52 Å². The lowest BCUT2D eigenvalue weighted by Gasteiger charge is -2.03. The first-order valence-corrected chi connectivity index (χ1v) is 5.57. The van der Waals surface area contributed by atoms with E-state index in [0.29, 0.717) is 24.0 Å². The first-order chi connectivity index (χ1) is 8.29.